The monoisotopic (exact) mass is 462 g/mol. The quantitative estimate of drug-likeness (QED) is 0.174. The molecule has 1 N–H and O–H groups in total. The molecular weight excluding hydrogens is 432 g/mol. The minimum atomic E-state index is -0.446. The number of ketones is 1. The summed E-state index contributed by atoms with van der Waals surface area (Å²) >= 11 is 0. The van der Waals surface area contributed by atoms with Gasteiger partial charge in [0, 0.05) is 26.4 Å². The van der Waals surface area contributed by atoms with Gasteiger partial charge in [-0.05, 0) is 23.8 Å². The van der Waals surface area contributed by atoms with Crippen LogP contribution in [0.4, 0.5) is 0 Å². The lowest BCUT2D eigenvalue weighted by molar-refractivity contribution is -0.0119. The summed E-state index contributed by atoms with van der Waals surface area (Å²) in [5.41, 5.74) is 0.782. The number of aromatic hydroxyl groups is 1. The number of benzene rings is 2. The van der Waals surface area contributed by atoms with E-state index in [-0.39, 0.29) is 36.4 Å². The number of carbonyl (C=O) groups is 1. The van der Waals surface area contributed by atoms with E-state index in [1.807, 2.05) is 12.1 Å². The van der Waals surface area contributed by atoms with Crippen LogP contribution in [0.2, 0.25) is 0 Å². The van der Waals surface area contributed by atoms with Crippen molar-refractivity contribution in [1.29, 1.82) is 0 Å². The zero-order chi connectivity index (χ0) is 23.9. The second-order valence-electron chi connectivity index (χ2n) is 6.61. The van der Waals surface area contributed by atoms with Crippen LogP contribution in [0.1, 0.15) is 15.9 Å². The van der Waals surface area contributed by atoms with Crippen molar-refractivity contribution in [1.82, 2.24) is 0 Å². The van der Waals surface area contributed by atoms with E-state index in [1.54, 1.807) is 39.5 Å². The van der Waals surface area contributed by atoms with Crippen molar-refractivity contribution in [3.05, 3.63) is 53.6 Å². The highest BCUT2D eigenvalue weighted by molar-refractivity contribution is 6.10. The molecule has 2 rings (SSSR count). The van der Waals surface area contributed by atoms with Crippen molar-refractivity contribution in [3.63, 3.8) is 0 Å². The highest BCUT2D eigenvalue weighted by Gasteiger charge is 2.18. The minimum absolute atomic E-state index is 0.0113. The molecule has 0 aliphatic rings. The van der Waals surface area contributed by atoms with E-state index in [1.165, 1.54) is 18.2 Å². The third-order valence-electron chi connectivity index (χ3n) is 4.31. The number of ether oxygens (including phenoxy) is 7. The van der Waals surface area contributed by atoms with Crippen LogP contribution in [0.5, 0.6) is 23.0 Å². The first-order valence-electron chi connectivity index (χ1n) is 10.2. The van der Waals surface area contributed by atoms with Crippen molar-refractivity contribution in [2.24, 2.45) is 0 Å². The van der Waals surface area contributed by atoms with E-state index in [2.05, 4.69) is 0 Å². The Labute approximate surface area is 193 Å². The second-order valence-corrected chi connectivity index (χ2v) is 6.61. The number of allylic oxidation sites excluding steroid dienone is 1. The Balaban J connectivity index is 2.15. The number of hydrogen-bond donors (Lipinski definition) is 1. The average Bonchev–Trinajstić information content (AvgIpc) is 2.82. The van der Waals surface area contributed by atoms with Gasteiger partial charge < -0.3 is 38.3 Å². The topological polar surface area (TPSA) is 102 Å². The summed E-state index contributed by atoms with van der Waals surface area (Å²) in [6, 6.07) is 10.0. The van der Waals surface area contributed by atoms with Gasteiger partial charge in [-0.3, -0.25) is 4.79 Å². The van der Waals surface area contributed by atoms with Crippen LogP contribution in [0, 0.1) is 0 Å². The van der Waals surface area contributed by atoms with Crippen LogP contribution in [-0.4, -0.2) is 72.2 Å². The molecule has 9 nitrogen and oxygen atoms in total. The zero-order valence-electron chi connectivity index (χ0n) is 19.1. The normalized spacial score (nSPS) is 11.0. The second kappa shape index (κ2) is 14.9. The molecule has 0 amide bonds. The predicted molar refractivity (Wildman–Crippen MR) is 121 cm³/mol. The maximum absolute atomic E-state index is 12.9. The summed E-state index contributed by atoms with van der Waals surface area (Å²) in [6.07, 6.45) is 2.98. The first-order chi connectivity index (χ1) is 16.1. The Morgan fingerprint density at radius 1 is 0.848 bits per heavy atom. The fraction of sp³-hybridized carbons (Fsp3) is 0.375. The number of rotatable bonds is 16. The number of carbonyl (C=O) groups excluding carboxylic acids is 1. The first kappa shape index (κ1) is 26.1. The molecule has 0 bridgehead atoms. The van der Waals surface area contributed by atoms with Gasteiger partial charge in [0.15, 0.2) is 19.4 Å². The molecule has 0 atom stereocenters. The van der Waals surface area contributed by atoms with Gasteiger partial charge in [0.25, 0.3) is 0 Å². The Kier molecular flexibility index (Phi) is 11.8. The number of phenols is 1. The fourth-order valence-electron chi connectivity index (χ4n) is 2.61. The highest BCUT2D eigenvalue weighted by atomic mass is 16.7. The molecule has 33 heavy (non-hydrogen) atoms. The summed E-state index contributed by atoms with van der Waals surface area (Å²) in [5, 5.41) is 10.5. The molecule has 0 aromatic heterocycles. The lowest BCUT2D eigenvalue weighted by atomic mass is 10.1. The maximum Gasteiger partial charge on any atom is 0.193 e. The van der Waals surface area contributed by atoms with Crippen LogP contribution < -0.4 is 14.2 Å². The standard InChI is InChI=1S/C24H30O9/c1-27-10-12-30-16-32-20-14-22(26)24(23(15-20)33-17-31-13-11-28-2)21(25)9-6-18-4-7-19(29-3)8-5-18/h4-9,14-15,26H,10-13,16-17H2,1-3H3. The van der Waals surface area contributed by atoms with Gasteiger partial charge >= 0.3 is 0 Å². The van der Waals surface area contributed by atoms with Gasteiger partial charge in [0.05, 0.1) is 33.5 Å². The Bertz CT molecular complexity index is 878. The molecule has 2 aromatic rings. The van der Waals surface area contributed by atoms with E-state index in [9.17, 15) is 9.90 Å². The molecule has 0 aliphatic heterocycles. The zero-order valence-corrected chi connectivity index (χ0v) is 19.1. The summed E-state index contributed by atoms with van der Waals surface area (Å²) in [7, 11) is 4.71. The Morgan fingerprint density at radius 2 is 1.48 bits per heavy atom. The summed E-state index contributed by atoms with van der Waals surface area (Å²) in [6.45, 7) is 1.29. The van der Waals surface area contributed by atoms with Gasteiger partial charge in [-0.2, -0.15) is 0 Å². The van der Waals surface area contributed by atoms with Crippen molar-refractivity contribution in [3.8, 4) is 23.0 Å². The Hall–Kier alpha value is -3.11. The Morgan fingerprint density at radius 3 is 2.09 bits per heavy atom. The van der Waals surface area contributed by atoms with Crippen LogP contribution in [-0.2, 0) is 18.9 Å². The summed E-state index contributed by atoms with van der Waals surface area (Å²) < 4.78 is 36.6. The lowest BCUT2D eigenvalue weighted by Crippen LogP contribution is -2.11. The molecule has 0 heterocycles. The van der Waals surface area contributed by atoms with Crippen molar-refractivity contribution in [2.75, 3.05) is 61.3 Å². The van der Waals surface area contributed by atoms with E-state index >= 15 is 0 Å². The lowest BCUT2D eigenvalue weighted by Gasteiger charge is -2.14. The van der Waals surface area contributed by atoms with Gasteiger partial charge in [0.1, 0.15) is 28.6 Å². The molecule has 0 fully saturated rings. The molecule has 2 aromatic carbocycles. The predicted octanol–water partition coefficient (Wildman–Crippen LogP) is 3.30. The van der Waals surface area contributed by atoms with Gasteiger partial charge in [0.2, 0.25) is 0 Å². The minimum Gasteiger partial charge on any atom is -0.507 e. The largest absolute Gasteiger partial charge is 0.507 e. The van der Waals surface area contributed by atoms with Crippen molar-refractivity contribution < 1.29 is 43.1 Å². The molecule has 0 saturated carbocycles. The van der Waals surface area contributed by atoms with Gasteiger partial charge in [-0.15, -0.1) is 0 Å². The highest BCUT2D eigenvalue weighted by Crippen LogP contribution is 2.34. The van der Waals surface area contributed by atoms with Gasteiger partial charge in [-0.25, -0.2) is 0 Å². The average molecular weight is 462 g/mol. The number of methoxy groups -OCH3 is 3. The third-order valence-corrected chi connectivity index (χ3v) is 4.31. The van der Waals surface area contributed by atoms with Crippen LogP contribution in [0.3, 0.4) is 0 Å². The smallest absolute Gasteiger partial charge is 0.193 e. The van der Waals surface area contributed by atoms with Crippen molar-refractivity contribution in [2.45, 2.75) is 0 Å². The fourth-order valence-corrected chi connectivity index (χ4v) is 2.61. The van der Waals surface area contributed by atoms with E-state index in [0.29, 0.717) is 32.2 Å². The van der Waals surface area contributed by atoms with Crippen LogP contribution in [0.25, 0.3) is 6.08 Å². The third kappa shape index (κ3) is 9.11. The molecule has 0 aliphatic carbocycles. The van der Waals surface area contributed by atoms with E-state index in [4.69, 9.17) is 33.2 Å². The summed E-state index contributed by atoms with van der Waals surface area (Å²) in [5.74, 6) is 0.358. The van der Waals surface area contributed by atoms with Gasteiger partial charge in [-0.1, -0.05) is 18.2 Å². The number of hydrogen-bond acceptors (Lipinski definition) is 9. The van der Waals surface area contributed by atoms with E-state index in [0.717, 1.165) is 5.56 Å². The SMILES string of the molecule is COCCOCOc1cc(O)c(C(=O)C=Cc2ccc(OC)cc2)c(OCOCCOC)c1. The van der Waals surface area contributed by atoms with Crippen molar-refractivity contribution >= 4 is 11.9 Å². The molecule has 0 unspecified atom stereocenters. The molecule has 0 saturated heterocycles. The van der Waals surface area contributed by atoms with Crippen LogP contribution in [0.15, 0.2) is 42.5 Å². The molecule has 9 heteroatoms. The molecule has 0 radical (unpaired) electrons. The molecule has 180 valence electrons. The maximum atomic E-state index is 12.9. The summed E-state index contributed by atoms with van der Waals surface area (Å²) in [4.78, 5) is 12.9. The molecule has 0 spiro atoms. The molecular formula is C24H30O9. The van der Waals surface area contributed by atoms with E-state index < -0.39 is 5.78 Å². The number of phenolic OH excluding ortho intramolecular Hbond substituents is 1. The van der Waals surface area contributed by atoms with Crippen LogP contribution >= 0.6 is 0 Å². The first-order valence-corrected chi connectivity index (χ1v) is 10.2.